The van der Waals surface area contributed by atoms with Gasteiger partial charge < -0.3 is 20.0 Å². The Morgan fingerprint density at radius 2 is 2.22 bits per heavy atom. The molecule has 27 heavy (non-hydrogen) atoms. The number of hydrogen-bond acceptors (Lipinski definition) is 6. The highest BCUT2D eigenvalue weighted by molar-refractivity contribution is 9.10. The van der Waals surface area contributed by atoms with E-state index >= 15 is 0 Å². The van der Waals surface area contributed by atoms with Crippen molar-refractivity contribution in [2.45, 2.75) is 6.04 Å². The molecule has 9 nitrogen and oxygen atoms in total. The van der Waals surface area contributed by atoms with Gasteiger partial charge in [0.25, 0.3) is 0 Å². The van der Waals surface area contributed by atoms with Crippen molar-refractivity contribution in [2.75, 3.05) is 31.1 Å². The standard InChI is InChI=1S/C15H13BrClFN4O5/c16-11-9(17)3-8-13(12(11)18)19-4-10(22(26)27)14(8)21-2-1-20(15(24)25)5-7(21)6-23/h3-4,7,23H,1-2,5-6H2,(H,24,25)/t7-/m1/s1. The van der Waals surface area contributed by atoms with Gasteiger partial charge in [0.2, 0.25) is 0 Å². The van der Waals surface area contributed by atoms with Crippen LogP contribution in [0.3, 0.4) is 0 Å². The van der Waals surface area contributed by atoms with Crippen LogP contribution in [0.4, 0.5) is 20.6 Å². The molecule has 144 valence electrons. The molecule has 3 rings (SSSR count). The van der Waals surface area contributed by atoms with Crippen LogP contribution in [-0.4, -0.2) is 63.4 Å². The molecule has 1 aliphatic rings. The van der Waals surface area contributed by atoms with Crippen LogP contribution < -0.4 is 4.90 Å². The van der Waals surface area contributed by atoms with Crippen molar-refractivity contribution in [3.8, 4) is 0 Å². The highest BCUT2D eigenvalue weighted by Gasteiger charge is 2.35. The average Bonchev–Trinajstić information content (AvgIpc) is 2.64. The summed E-state index contributed by atoms with van der Waals surface area (Å²) in [5.41, 5.74) is -0.464. The molecule has 0 radical (unpaired) electrons. The number of fused-ring (bicyclic) bond motifs is 1. The number of carbonyl (C=O) groups is 1. The Hall–Kier alpha value is -2.24. The van der Waals surface area contributed by atoms with E-state index in [2.05, 4.69) is 20.9 Å². The first-order chi connectivity index (χ1) is 12.8. The highest BCUT2D eigenvalue weighted by Crippen LogP contribution is 2.41. The summed E-state index contributed by atoms with van der Waals surface area (Å²) >= 11 is 9.04. The van der Waals surface area contributed by atoms with E-state index in [0.717, 1.165) is 11.1 Å². The molecule has 0 bridgehead atoms. The summed E-state index contributed by atoms with van der Waals surface area (Å²) in [5.74, 6) is -0.765. The van der Waals surface area contributed by atoms with Crippen molar-refractivity contribution in [1.82, 2.24) is 9.88 Å². The zero-order valence-corrected chi connectivity index (χ0v) is 15.9. The molecule has 2 aromatic rings. The molecule has 1 amide bonds. The van der Waals surface area contributed by atoms with Gasteiger partial charge in [0.05, 0.1) is 27.1 Å². The number of piperazine rings is 1. The summed E-state index contributed by atoms with van der Waals surface area (Å²) in [5, 5.41) is 30.5. The molecule has 1 saturated heterocycles. The zero-order valence-electron chi connectivity index (χ0n) is 13.6. The Morgan fingerprint density at radius 3 is 2.81 bits per heavy atom. The van der Waals surface area contributed by atoms with Gasteiger partial charge in [-0.05, 0) is 22.0 Å². The summed E-state index contributed by atoms with van der Waals surface area (Å²) in [6, 6.07) is 0.613. The van der Waals surface area contributed by atoms with Crippen LogP contribution in [0.15, 0.2) is 16.7 Å². The second-order valence-corrected chi connectivity index (χ2v) is 7.09. The number of aromatic nitrogens is 1. The predicted molar refractivity (Wildman–Crippen MR) is 98.9 cm³/mol. The van der Waals surface area contributed by atoms with Crippen LogP contribution in [0.5, 0.6) is 0 Å². The van der Waals surface area contributed by atoms with Crippen molar-refractivity contribution in [3.63, 3.8) is 0 Å². The Balaban J connectivity index is 2.23. The van der Waals surface area contributed by atoms with Crippen molar-refractivity contribution in [1.29, 1.82) is 0 Å². The second kappa shape index (κ2) is 7.41. The molecular formula is C15H13BrClFN4O5. The van der Waals surface area contributed by atoms with Gasteiger partial charge in [-0.3, -0.25) is 10.1 Å². The maximum atomic E-state index is 14.6. The van der Waals surface area contributed by atoms with E-state index in [1.807, 2.05) is 0 Å². The minimum absolute atomic E-state index is 0.00766. The minimum atomic E-state index is -1.15. The Labute approximate surface area is 165 Å². The zero-order chi connectivity index (χ0) is 19.9. The van der Waals surface area contributed by atoms with Crippen LogP contribution in [-0.2, 0) is 0 Å². The van der Waals surface area contributed by atoms with E-state index < -0.39 is 29.5 Å². The number of aliphatic hydroxyl groups is 1. The molecule has 1 aromatic heterocycles. The first-order valence-corrected chi connectivity index (χ1v) is 8.89. The number of pyridine rings is 1. The number of rotatable bonds is 3. The number of carboxylic acid groups (broad SMARTS) is 1. The normalized spacial score (nSPS) is 17.4. The molecule has 12 heteroatoms. The first-order valence-electron chi connectivity index (χ1n) is 7.72. The van der Waals surface area contributed by atoms with E-state index in [9.17, 15) is 24.4 Å². The molecular weight excluding hydrogens is 451 g/mol. The van der Waals surface area contributed by atoms with Gasteiger partial charge in [-0.1, -0.05) is 11.6 Å². The van der Waals surface area contributed by atoms with Crippen molar-refractivity contribution in [2.24, 2.45) is 0 Å². The molecule has 1 fully saturated rings. The van der Waals surface area contributed by atoms with Crippen LogP contribution in [0, 0.1) is 15.9 Å². The van der Waals surface area contributed by atoms with Gasteiger partial charge >= 0.3 is 11.8 Å². The lowest BCUT2D eigenvalue weighted by molar-refractivity contribution is -0.384. The Kier molecular flexibility index (Phi) is 5.36. The number of nitrogens with zero attached hydrogens (tertiary/aromatic N) is 4. The van der Waals surface area contributed by atoms with E-state index in [1.165, 1.54) is 11.0 Å². The van der Waals surface area contributed by atoms with Gasteiger partial charge in [-0.15, -0.1) is 0 Å². The number of amides is 1. The van der Waals surface area contributed by atoms with E-state index in [1.54, 1.807) is 0 Å². The molecule has 2 heterocycles. The molecule has 0 aliphatic carbocycles. The number of halogens is 3. The maximum Gasteiger partial charge on any atom is 0.407 e. The molecule has 0 spiro atoms. The molecule has 1 aromatic carbocycles. The monoisotopic (exact) mass is 462 g/mol. The SMILES string of the molecule is O=C(O)N1CCN(c2c([N+](=O)[O-])cnc3c(F)c(Br)c(Cl)cc23)[C@@H](CO)C1. The fourth-order valence-corrected chi connectivity index (χ4v) is 3.63. The van der Waals surface area contributed by atoms with Gasteiger partial charge in [0, 0.05) is 25.0 Å². The highest BCUT2D eigenvalue weighted by atomic mass is 79.9. The number of nitro groups is 1. The fourth-order valence-electron chi connectivity index (χ4n) is 3.13. The summed E-state index contributed by atoms with van der Waals surface area (Å²) in [4.78, 5) is 28.6. The lowest BCUT2D eigenvalue weighted by Gasteiger charge is -2.40. The molecule has 2 N–H and O–H groups in total. The van der Waals surface area contributed by atoms with Gasteiger partial charge in [0.1, 0.15) is 17.4 Å². The van der Waals surface area contributed by atoms with Gasteiger partial charge in [-0.2, -0.15) is 0 Å². The molecule has 0 saturated carbocycles. The molecule has 1 atom stereocenters. The number of benzene rings is 1. The van der Waals surface area contributed by atoms with Gasteiger partial charge in [-0.25, -0.2) is 14.2 Å². The number of aliphatic hydroxyl groups excluding tert-OH is 1. The third kappa shape index (κ3) is 3.37. The maximum absolute atomic E-state index is 14.6. The predicted octanol–water partition coefficient (Wildman–Crippen LogP) is 2.86. The lowest BCUT2D eigenvalue weighted by atomic mass is 10.1. The smallest absolute Gasteiger partial charge is 0.407 e. The third-order valence-electron chi connectivity index (χ3n) is 4.40. The minimum Gasteiger partial charge on any atom is -0.465 e. The van der Waals surface area contributed by atoms with Gasteiger partial charge in [0.15, 0.2) is 5.82 Å². The first kappa shape index (κ1) is 19.5. The van der Waals surface area contributed by atoms with E-state index in [4.69, 9.17) is 16.7 Å². The van der Waals surface area contributed by atoms with E-state index in [-0.39, 0.29) is 51.4 Å². The number of anilines is 1. The molecule has 1 aliphatic heterocycles. The largest absolute Gasteiger partial charge is 0.465 e. The summed E-state index contributed by atoms with van der Waals surface area (Å²) in [6.07, 6.45) is -0.209. The quantitative estimate of drug-likeness (QED) is 0.408. The van der Waals surface area contributed by atoms with Crippen LogP contribution in [0.2, 0.25) is 5.02 Å². The Bertz CT molecular complexity index is 946. The lowest BCUT2D eigenvalue weighted by Crippen LogP contribution is -2.56. The van der Waals surface area contributed by atoms with Crippen molar-refractivity contribution < 1.29 is 24.3 Å². The summed E-state index contributed by atoms with van der Waals surface area (Å²) < 4.78 is 14.6. The van der Waals surface area contributed by atoms with Crippen LogP contribution in [0.1, 0.15) is 0 Å². The average molecular weight is 464 g/mol. The van der Waals surface area contributed by atoms with Crippen LogP contribution >= 0.6 is 27.5 Å². The fraction of sp³-hybridized carbons (Fsp3) is 0.333. The van der Waals surface area contributed by atoms with Crippen molar-refractivity contribution in [3.05, 3.63) is 37.7 Å². The van der Waals surface area contributed by atoms with E-state index in [0.29, 0.717) is 0 Å². The summed E-state index contributed by atoms with van der Waals surface area (Å²) in [7, 11) is 0. The topological polar surface area (TPSA) is 120 Å². The number of hydrogen-bond donors (Lipinski definition) is 2. The second-order valence-electron chi connectivity index (χ2n) is 5.89. The summed E-state index contributed by atoms with van der Waals surface area (Å²) in [6.45, 7) is -0.358. The molecule has 0 unspecified atom stereocenters. The van der Waals surface area contributed by atoms with Crippen molar-refractivity contribution >= 4 is 55.9 Å². The Morgan fingerprint density at radius 1 is 1.52 bits per heavy atom. The third-order valence-corrected chi connectivity index (χ3v) is 5.70. The van der Waals surface area contributed by atoms with Crippen LogP contribution in [0.25, 0.3) is 10.9 Å².